The number of halogens is 2. The molecule has 0 saturated heterocycles. The molecule has 0 atom stereocenters. The van der Waals surface area contributed by atoms with E-state index in [2.05, 4.69) is 37.6 Å². The second-order valence-electron chi connectivity index (χ2n) is 6.98. The summed E-state index contributed by atoms with van der Waals surface area (Å²) in [6, 6.07) is 11.8. The average Bonchev–Trinajstić information content (AvgIpc) is 2.56. The van der Waals surface area contributed by atoms with Crippen molar-refractivity contribution in [2.24, 2.45) is 0 Å². The fourth-order valence-corrected chi connectivity index (χ4v) is 2.33. The molecular formula is C20H24F2O3. The van der Waals surface area contributed by atoms with Crippen molar-refractivity contribution in [2.45, 2.75) is 45.5 Å². The highest BCUT2D eigenvalue weighted by atomic mass is 19.3. The predicted molar refractivity (Wildman–Crippen MR) is 94.3 cm³/mol. The summed E-state index contributed by atoms with van der Waals surface area (Å²) in [6.07, 6.45) is 1.04. The van der Waals surface area contributed by atoms with E-state index in [1.54, 1.807) is 6.07 Å². The Labute approximate surface area is 146 Å². The first-order valence-corrected chi connectivity index (χ1v) is 8.31. The summed E-state index contributed by atoms with van der Waals surface area (Å²) >= 11 is 0. The molecule has 5 heteroatoms. The van der Waals surface area contributed by atoms with Gasteiger partial charge in [-0.25, -0.2) is 13.6 Å². The third kappa shape index (κ3) is 5.41. The minimum absolute atomic E-state index is 0.106. The molecule has 0 heterocycles. The minimum Gasteiger partial charge on any atom is -0.482 e. The maximum absolute atomic E-state index is 12.6. The number of rotatable bonds is 7. The first-order chi connectivity index (χ1) is 11.6. The smallest absolute Gasteiger partial charge is 0.344 e. The second kappa shape index (κ2) is 7.38. The largest absolute Gasteiger partial charge is 0.482 e. The van der Waals surface area contributed by atoms with Crippen LogP contribution in [0.1, 0.15) is 39.7 Å². The first kappa shape index (κ1) is 19.2. The van der Waals surface area contributed by atoms with Crippen LogP contribution < -0.4 is 4.74 Å². The first-order valence-electron chi connectivity index (χ1n) is 8.31. The molecule has 0 amide bonds. The fourth-order valence-electron chi connectivity index (χ4n) is 2.33. The predicted octanol–water partition coefficient (Wildman–Crippen LogP) is 5.10. The Hall–Kier alpha value is -2.17. The monoisotopic (exact) mass is 350 g/mol. The van der Waals surface area contributed by atoms with Gasteiger partial charge < -0.3 is 9.47 Å². The van der Waals surface area contributed by atoms with Crippen molar-refractivity contribution in [2.75, 3.05) is 13.2 Å². The highest BCUT2D eigenvalue weighted by Gasteiger charge is 2.23. The summed E-state index contributed by atoms with van der Waals surface area (Å²) in [5.74, 6) is -3.36. The number of fused-ring (bicyclic) bond motifs is 1. The lowest BCUT2D eigenvalue weighted by Crippen LogP contribution is -2.24. The van der Waals surface area contributed by atoms with E-state index in [0.29, 0.717) is 12.7 Å². The molecule has 0 N–H and O–H groups in total. The number of ether oxygens (including phenoxy) is 2. The van der Waals surface area contributed by atoms with E-state index in [1.165, 1.54) is 5.56 Å². The fraction of sp³-hybridized carbons (Fsp3) is 0.450. The molecule has 2 rings (SSSR count). The third-order valence-electron chi connectivity index (χ3n) is 4.32. The molecule has 0 aliphatic carbocycles. The van der Waals surface area contributed by atoms with Crippen LogP contribution in [-0.2, 0) is 14.9 Å². The quantitative estimate of drug-likeness (QED) is 0.651. The maximum atomic E-state index is 12.6. The lowest BCUT2D eigenvalue weighted by Gasteiger charge is -2.23. The maximum Gasteiger partial charge on any atom is 0.344 e. The van der Waals surface area contributed by atoms with Crippen molar-refractivity contribution in [1.82, 2.24) is 0 Å². The number of hydrogen-bond acceptors (Lipinski definition) is 3. The molecular weight excluding hydrogens is 326 g/mol. The Balaban J connectivity index is 2.04. The van der Waals surface area contributed by atoms with Gasteiger partial charge in [0.15, 0.2) is 13.2 Å². The number of carbonyl (C=O) groups excluding carboxylic acids is 1. The number of benzene rings is 2. The molecule has 2 aromatic rings. The number of esters is 1. The summed E-state index contributed by atoms with van der Waals surface area (Å²) in [6.45, 7) is 5.92. The van der Waals surface area contributed by atoms with Crippen molar-refractivity contribution in [1.29, 1.82) is 0 Å². The molecule has 0 spiro atoms. The van der Waals surface area contributed by atoms with Crippen LogP contribution in [0.4, 0.5) is 8.78 Å². The summed E-state index contributed by atoms with van der Waals surface area (Å²) in [5.41, 5.74) is 1.37. The Morgan fingerprint density at radius 1 is 1.04 bits per heavy atom. The second-order valence-corrected chi connectivity index (χ2v) is 6.98. The molecule has 0 aliphatic rings. The van der Waals surface area contributed by atoms with Crippen molar-refractivity contribution in [3.63, 3.8) is 0 Å². The van der Waals surface area contributed by atoms with E-state index >= 15 is 0 Å². The van der Waals surface area contributed by atoms with Gasteiger partial charge in [-0.15, -0.1) is 0 Å². The van der Waals surface area contributed by atoms with Gasteiger partial charge in [0.1, 0.15) is 5.75 Å². The van der Waals surface area contributed by atoms with Gasteiger partial charge >= 0.3 is 5.97 Å². The minimum atomic E-state index is -3.04. The van der Waals surface area contributed by atoms with E-state index in [1.807, 2.05) is 18.2 Å². The van der Waals surface area contributed by atoms with Crippen LogP contribution in [0, 0.1) is 0 Å². The highest BCUT2D eigenvalue weighted by molar-refractivity contribution is 5.85. The van der Waals surface area contributed by atoms with E-state index in [0.717, 1.165) is 17.2 Å². The van der Waals surface area contributed by atoms with Crippen LogP contribution in [-0.4, -0.2) is 25.1 Å². The van der Waals surface area contributed by atoms with E-state index in [-0.39, 0.29) is 5.41 Å². The molecule has 0 aliphatic heterocycles. The summed E-state index contributed by atoms with van der Waals surface area (Å²) in [7, 11) is 0. The number of carbonyl (C=O) groups is 1. The molecule has 0 saturated carbocycles. The van der Waals surface area contributed by atoms with Gasteiger partial charge in [0.05, 0.1) is 0 Å². The van der Waals surface area contributed by atoms with Gasteiger partial charge in [0.25, 0.3) is 5.92 Å². The van der Waals surface area contributed by atoms with Gasteiger partial charge in [-0.05, 0) is 40.3 Å². The van der Waals surface area contributed by atoms with E-state index in [9.17, 15) is 13.6 Å². The normalized spacial score (nSPS) is 12.2. The Bertz CT molecular complexity index is 748. The van der Waals surface area contributed by atoms with Gasteiger partial charge in [-0.2, -0.15) is 0 Å². The van der Waals surface area contributed by atoms with Gasteiger partial charge in [-0.3, -0.25) is 0 Å². The summed E-state index contributed by atoms with van der Waals surface area (Å²) < 4.78 is 35.1. The van der Waals surface area contributed by atoms with Crippen LogP contribution in [0.15, 0.2) is 36.4 Å². The van der Waals surface area contributed by atoms with Crippen LogP contribution in [0.5, 0.6) is 5.75 Å². The lowest BCUT2D eigenvalue weighted by atomic mass is 9.81. The molecule has 0 fully saturated rings. The topological polar surface area (TPSA) is 35.5 Å². The Kier molecular flexibility index (Phi) is 5.65. The molecule has 0 bridgehead atoms. The van der Waals surface area contributed by atoms with E-state index < -0.39 is 25.1 Å². The van der Waals surface area contributed by atoms with Gasteiger partial charge in [0.2, 0.25) is 0 Å². The molecule has 0 aromatic heterocycles. The standard InChI is InChI=1S/C20H24F2O3/c1-5-19(2,3)16-8-6-15-11-17(9-7-14(15)10-16)24-12-18(23)25-13-20(4,21)22/h6-11H,5,12-13H2,1-4H3. The van der Waals surface area contributed by atoms with Crippen molar-refractivity contribution in [3.05, 3.63) is 42.0 Å². The zero-order valence-electron chi connectivity index (χ0n) is 15.1. The van der Waals surface area contributed by atoms with Crippen molar-refractivity contribution in [3.8, 4) is 5.75 Å². The van der Waals surface area contributed by atoms with Gasteiger partial charge in [-0.1, -0.05) is 45.0 Å². The lowest BCUT2D eigenvalue weighted by molar-refractivity contribution is -0.155. The van der Waals surface area contributed by atoms with Gasteiger partial charge in [0, 0.05) is 6.92 Å². The molecule has 0 radical (unpaired) electrons. The highest BCUT2D eigenvalue weighted by Crippen LogP contribution is 2.30. The number of alkyl halides is 2. The van der Waals surface area contributed by atoms with Crippen LogP contribution in [0.2, 0.25) is 0 Å². The molecule has 25 heavy (non-hydrogen) atoms. The van der Waals surface area contributed by atoms with E-state index in [4.69, 9.17) is 4.74 Å². The Morgan fingerprint density at radius 3 is 2.32 bits per heavy atom. The van der Waals surface area contributed by atoms with Crippen molar-refractivity contribution < 1.29 is 23.0 Å². The molecule has 3 nitrogen and oxygen atoms in total. The molecule has 0 unspecified atom stereocenters. The summed E-state index contributed by atoms with van der Waals surface area (Å²) in [5, 5.41) is 2.07. The van der Waals surface area contributed by atoms with Crippen LogP contribution >= 0.6 is 0 Å². The summed E-state index contributed by atoms with van der Waals surface area (Å²) in [4.78, 5) is 11.4. The number of hydrogen-bond donors (Lipinski definition) is 0. The SMILES string of the molecule is CCC(C)(C)c1ccc2cc(OCC(=O)OCC(C)(F)F)ccc2c1. The Morgan fingerprint density at radius 2 is 1.68 bits per heavy atom. The molecule has 2 aromatic carbocycles. The van der Waals surface area contributed by atoms with Crippen LogP contribution in [0.25, 0.3) is 10.8 Å². The van der Waals surface area contributed by atoms with Crippen molar-refractivity contribution >= 4 is 16.7 Å². The van der Waals surface area contributed by atoms with Crippen LogP contribution in [0.3, 0.4) is 0 Å². The molecule has 136 valence electrons. The average molecular weight is 350 g/mol. The zero-order valence-corrected chi connectivity index (χ0v) is 15.1. The third-order valence-corrected chi connectivity index (χ3v) is 4.32. The zero-order chi connectivity index (χ0) is 18.7.